The fraction of sp³-hybridized carbons (Fsp3) is 0.500. The van der Waals surface area contributed by atoms with Crippen molar-refractivity contribution in [2.75, 3.05) is 6.54 Å². The summed E-state index contributed by atoms with van der Waals surface area (Å²) >= 11 is 1.22. The lowest BCUT2D eigenvalue weighted by Crippen LogP contribution is -2.37. The fourth-order valence-corrected chi connectivity index (χ4v) is 2.24. The Balaban J connectivity index is 2.17. The number of aromatic nitrogens is 1. The summed E-state index contributed by atoms with van der Waals surface area (Å²) in [5.74, 6) is -1.18. The summed E-state index contributed by atoms with van der Waals surface area (Å²) in [7, 11) is 0. The van der Waals surface area contributed by atoms with Crippen molar-refractivity contribution >= 4 is 23.4 Å². The lowest BCUT2D eigenvalue weighted by atomic mass is 10.2. The van der Waals surface area contributed by atoms with E-state index < -0.39 is 5.97 Å². The molecule has 0 atom stereocenters. The first-order chi connectivity index (χ1) is 7.59. The summed E-state index contributed by atoms with van der Waals surface area (Å²) in [5.41, 5.74) is 1.20. The molecule has 0 spiro atoms. The summed E-state index contributed by atoms with van der Waals surface area (Å²) in [6, 6.07) is 0.0999. The Morgan fingerprint density at radius 3 is 2.75 bits per heavy atom. The van der Waals surface area contributed by atoms with E-state index in [0.29, 0.717) is 11.3 Å². The average molecular weight is 240 g/mol. The van der Waals surface area contributed by atoms with Crippen LogP contribution in [0.5, 0.6) is 0 Å². The molecule has 0 radical (unpaired) electrons. The highest BCUT2D eigenvalue weighted by atomic mass is 32.1. The third-order valence-corrected chi connectivity index (χ3v) is 3.25. The highest BCUT2D eigenvalue weighted by Crippen LogP contribution is 2.28. The molecule has 1 aromatic heterocycles. The molecule has 16 heavy (non-hydrogen) atoms. The van der Waals surface area contributed by atoms with Gasteiger partial charge in [0.15, 0.2) is 0 Å². The molecule has 0 bridgehead atoms. The molecule has 0 aliphatic heterocycles. The molecule has 1 aliphatic carbocycles. The first-order valence-electron chi connectivity index (χ1n) is 5.03. The summed E-state index contributed by atoms with van der Waals surface area (Å²) in [6.45, 7) is 1.54. The van der Waals surface area contributed by atoms with Crippen LogP contribution in [-0.4, -0.2) is 38.8 Å². The molecule has 1 fully saturated rings. The van der Waals surface area contributed by atoms with Crippen molar-refractivity contribution in [3.63, 3.8) is 0 Å². The number of carbonyl (C=O) groups is 2. The van der Waals surface area contributed by atoms with E-state index in [1.54, 1.807) is 12.3 Å². The molecular formula is C10H12N2O3S. The fourth-order valence-electron chi connectivity index (χ4n) is 1.55. The van der Waals surface area contributed by atoms with Crippen molar-refractivity contribution in [1.29, 1.82) is 0 Å². The Morgan fingerprint density at radius 1 is 1.62 bits per heavy atom. The molecule has 5 nitrogen and oxygen atoms in total. The molecular weight excluding hydrogens is 228 g/mol. The second-order valence-electron chi connectivity index (χ2n) is 3.87. The Morgan fingerprint density at radius 2 is 2.31 bits per heavy atom. The van der Waals surface area contributed by atoms with Crippen LogP contribution < -0.4 is 0 Å². The van der Waals surface area contributed by atoms with Gasteiger partial charge in [-0.15, -0.1) is 0 Å². The summed E-state index contributed by atoms with van der Waals surface area (Å²) < 4.78 is 4.03. The van der Waals surface area contributed by atoms with Gasteiger partial charge in [-0.25, -0.2) is 0 Å². The molecule has 1 heterocycles. The van der Waals surface area contributed by atoms with Gasteiger partial charge in [-0.2, -0.15) is 4.37 Å². The monoisotopic (exact) mass is 240 g/mol. The second-order valence-corrected chi connectivity index (χ2v) is 4.50. The zero-order valence-electron chi connectivity index (χ0n) is 8.84. The maximum absolute atomic E-state index is 12.1. The molecule has 0 unspecified atom stereocenters. The summed E-state index contributed by atoms with van der Waals surface area (Å²) in [4.78, 5) is 24.2. The largest absolute Gasteiger partial charge is 0.480 e. The van der Waals surface area contributed by atoms with Gasteiger partial charge in [-0.3, -0.25) is 9.59 Å². The lowest BCUT2D eigenvalue weighted by Gasteiger charge is -2.19. The van der Waals surface area contributed by atoms with E-state index in [-0.39, 0.29) is 18.5 Å². The topological polar surface area (TPSA) is 70.5 Å². The Kier molecular flexibility index (Phi) is 2.91. The molecule has 1 saturated carbocycles. The highest BCUT2D eigenvalue weighted by Gasteiger charge is 2.35. The number of carboxylic acids is 1. The van der Waals surface area contributed by atoms with Crippen LogP contribution >= 0.6 is 11.5 Å². The van der Waals surface area contributed by atoms with E-state index in [4.69, 9.17) is 5.11 Å². The molecule has 86 valence electrons. The number of nitrogens with zero attached hydrogens (tertiary/aromatic N) is 2. The Bertz CT molecular complexity index is 425. The quantitative estimate of drug-likeness (QED) is 0.856. The smallest absolute Gasteiger partial charge is 0.323 e. The SMILES string of the molecule is Cc1nscc1C(=O)N(CC(=O)O)C1CC1. The van der Waals surface area contributed by atoms with Crippen molar-refractivity contribution in [3.05, 3.63) is 16.6 Å². The maximum atomic E-state index is 12.1. The number of carbonyl (C=O) groups excluding carboxylic acids is 1. The van der Waals surface area contributed by atoms with E-state index >= 15 is 0 Å². The van der Waals surface area contributed by atoms with Crippen molar-refractivity contribution in [2.24, 2.45) is 0 Å². The minimum Gasteiger partial charge on any atom is -0.480 e. The maximum Gasteiger partial charge on any atom is 0.323 e. The number of aliphatic carboxylic acids is 1. The third-order valence-electron chi connectivity index (χ3n) is 2.53. The number of amides is 1. The van der Waals surface area contributed by atoms with E-state index in [9.17, 15) is 9.59 Å². The zero-order valence-corrected chi connectivity index (χ0v) is 9.66. The van der Waals surface area contributed by atoms with Gasteiger partial charge < -0.3 is 10.0 Å². The minimum absolute atomic E-state index is 0.0999. The van der Waals surface area contributed by atoms with Crippen LogP contribution in [0.25, 0.3) is 0 Å². The van der Waals surface area contributed by atoms with Crippen molar-refractivity contribution in [3.8, 4) is 0 Å². The van der Waals surface area contributed by atoms with Crippen molar-refractivity contribution in [1.82, 2.24) is 9.27 Å². The minimum atomic E-state index is -0.971. The first-order valence-corrected chi connectivity index (χ1v) is 5.87. The van der Waals surface area contributed by atoms with Crippen LogP contribution in [0.3, 0.4) is 0 Å². The van der Waals surface area contributed by atoms with Crippen LogP contribution in [0, 0.1) is 6.92 Å². The molecule has 0 saturated heterocycles. The standard InChI is InChI=1S/C10H12N2O3S/c1-6-8(5-16-11-6)10(15)12(4-9(13)14)7-2-3-7/h5,7H,2-4H2,1H3,(H,13,14). The predicted octanol–water partition coefficient (Wildman–Crippen LogP) is 1.14. The van der Waals surface area contributed by atoms with Crippen LogP contribution in [0.15, 0.2) is 5.38 Å². The lowest BCUT2D eigenvalue weighted by molar-refractivity contribution is -0.137. The van der Waals surface area contributed by atoms with Gasteiger partial charge in [0.1, 0.15) is 6.54 Å². The highest BCUT2D eigenvalue weighted by molar-refractivity contribution is 7.03. The van der Waals surface area contributed by atoms with Crippen LogP contribution in [0.2, 0.25) is 0 Å². The predicted molar refractivity (Wildman–Crippen MR) is 58.5 cm³/mol. The summed E-state index contributed by atoms with van der Waals surface area (Å²) in [5, 5.41) is 10.4. The molecule has 1 aliphatic rings. The van der Waals surface area contributed by atoms with Gasteiger partial charge in [0, 0.05) is 11.4 Å². The van der Waals surface area contributed by atoms with E-state index in [0.717, 1.165) is 12.8 Å². The Labute approximate surface area is 96.9 Å². The number of hydrogen-bond acceptors (Lipinski definition) is 4. The Hall–Kier alpha value is -1.43. The van der Waals surface area contributed by atoms with Crippen LogP contribution in [0.1, 0.15) is 28.9 Å². The molecule has 6 heteroatoms. The van der Waals surface area contributed by atoms with E-state index in [2.05, 4.69) is 4.37 Å². The van der Waals surface area contributed by atoms with E-state index in [1.807, 2.05) is 0 Å². The molecule has 1 amide bonds. The van der Waals surface area contributed by atoms with Crippen molar-refractivity contribution in [2.45, 2.75) is 25.8 Å². The van der Waals surface area contributed by atoms with Gasteiger partial charge in [-0.05, 0) is 31.3 Å². The molecule has 1 aromatic rings. The summed E-state index contributed by atoms with van der Waals surface area (Å²) in [6.07, 6.45) is 1.80. The number of hydrogen-bond donors (Lipinski definition) is 1. The van der Waals surface area contributed by atoms with Gasteiger partial charge in [0.2, 0.25) is 0 Å². The van der Waals surface area contributed by atoms with Crippen LogP contribution in [0.4, 0.5) is 0 Å². The zero-order chi connectivity index (χ0) is 11.7. The molecule has 0 aromatic carbocycles. The number of aryl methyl sites for hydroxylation is 1. The van der Waals surface area contributed by atoms with Crippen LogP contribution in [-0.2, 0) is 4.79 Å². The van der Waals surface area contributed by atoms with E-state index in [1.165, 1.54) is 16.4 Å². The van der Waals surface area contributed by atoms with Gasteiger partial charge in [0.05, 0.1) is 11.3 Å². The number of rotatable bonds is 4. The average Bonchev–Trinajstić information content (AvgIpc) is 2.97. The second kappa shape index (κ2) is 4.21. The van der Waals surface area contributed by atoms with Crippen molar-refractivity contribution < 1.29 is 14.7 Å². The third kappa shape index (κ3) is 2.21. The number of carboxylic acid groups (broad SMARTS) is 1. The van der Waals surface area contributed by atoms with Gasteiger partial charge in [0.25, 0.3) is 5.91 Å². The molecule has 1 N–H and O–H groups in total. The van der Waals surface area contributed by atoms with Gasteiger partial charge in [-0.1, -0.05) is 0 Å². The normalized spacial score (nSPS) is 14.8. The molecule has 2 rings (SSSR count). The first kappa shape index (κ1) is 11.1. The van der Waals surface area contributed by atoms with Gasteiger partial charge >= 0.3 is 5.97 Å².